The van der Waals surface area contributed by atoms with Gasteiger partial charge in [-0.2, -0.15) is 4.98 Å². The Hall–Kier alpha value is -3.26. The molecule has 2 aromatic heterocycles. The number of amides is 1. The Morgan fingerprint density at radius 2 is 2.00 bits per heavy atom. The highest BCUT2D eigenvalue weighted by Crippen LogP contribution is 2.24. The Morgan fingerprint density at radius 3 is 2.90 bits per heavy atom. The molecule has 0 atom stereocenters. The minimum atomic E-state index is -0.156. The third-order valence-corrected chi connectivity index (χ3v) is 5.64. The van der Waals surface area contributed by atoms with E-state index in [1.807, 2.05) is 24.4 Å². The number of hydrogen-bond acceptors (Lipinski definition) is 7. The van der Waals surface area contributed by atoms with Crippen LogP contribution in [0.15, 0.2) is 36.5 Å². The van der Waals surface area contributed by atoms with Crippen molar-refractivity contribution in [2.75, 3.05) is 30.4 Å². The zero-order valence-corrected chi connectivity index (χ0v) is 16.6. The van der Waals surface area contributed by atoms with Crippen molar-refractivity contribution >= 4 is 28.6 Å². The number of aromatic nitrogens is 3. The number of carbonyl (C=O) groups excluding carboxylic acids is 1. The summed E-state index contributed by atoms with van der Waals surface area (Å²) in [5, 5.41) is 10.6. The van der Waals surface area contributed by atoms with Gasteiger partial charge in [0.25, 0.3) is 5.91 Å². The molecule has 3 aromatic rings. The largest absolute Gasteiger partial charge is 0.381 e. The highest BCUT2D eigenvalue weighted by atomic mass is 16.5. The first-order valence-corrected chi connectivity index (χ1v) is 10.3. The number of nitrogens with zero attached hydrogens (tertiary/aromatic N) is 3. The summed E-state index contributed by atoms with van der Waals surface area (Å²) in [6.07, 6.45) is 3.92. The van der Waals surface area contributed by atoms with Crippen molar-refractivity contribution in [3.63, 3.8) is 0 Å². The molecule has 1 aromatic carbocycles. The van der Waals surface area contributed by atoms with Gasteiger partial charge in [-0.3, -0.25) is 9.78 Å². The second-order valence-corrected chi connectivity index (χ2v) is 7.73. The van der Waals surface area contributed by atoms with E-state index < -0.39 is 0 Å². The lowest BCUT2D eigenvalue weighted by molar-refractivity contribution is 0.0699. The van der Waals surface area contributed by atoms with Gasteiger partial charge in [-0.15, -0.1) is 0 Å². The minimum Gasteiger partial charge on any atom is -0.381 e. The first-order valence-electron chi connectivity index (χ1n) is 10.3. The Balaban J connectivity index is 1.34. The van der Waals surface area contributed by atoms with Crippen LogP contribution in [0.2, 0.25) is 0 Å². The Bertz CT molecular complexity index is 1080. The highest BCUT2D eigenvalue weighted by molar-refractivity contribution is 5.98. The molecule has 2 aliphatic rings. The number of hydrogen-bond donors (Lipinski definition) is 3. The third kappa shape index (κ3) is 3.91. The summed E-state index contributed by atoms with van der Waals surface area (Å²) in [4.78, 5) is 25.8. The van der Waals surface area contributed by atoms with E-state index in [4.69, 9.17) is 4.74 Å². The molecule has 1 amide bonds. The van der Waals surface area contributed by atoms with Crippen LogP contribution >= 0.6 is 0 Å². The molecule has 8 heteroatoms. The summed E-state index contributed by atoms with van der Waals surface area (Å²) < 4.78 is 5.42. The van der Waals surface area contributed by atoms with Crippen molar-refractivity contribution in [3.8, 4) is 0 Å². The molecule has 5 rings (SSSR count). The second-order valence-electron chi connectivity index (χ2n) is 7.73. The van der Waals surface area contributed by atoms with Crippen LogP contribution in [0.3, 0.4) is 0 Å². The summed E-state index contributed by atoms with van der Waals surface area (Å²) in [5.74, 6) is 1.54. The Morgan fingerprint density at radius 1 is 1.13 bits per heavy atom. The predicted molar refractivity (Wildman–Crippen MR) is 114 cm³/mol. The average molecular weight is 404 g/mol. The van der Waals surface area contributed by atoms with Gasteiger partial charge >= 0.3 is 0 Å². The molecule has 0 unspecified atom stereocenters. The number of ether oxygens (including phenoxy) is 1. The number of rotatable bonds is 6. The molecule has 8 nitrogen and oxygen atoms in total. The molecule has 0 bridgehead atoms. The van der Waals surface area contributed by atoms with Crippen LogP contribution in [0.25, 0.3) is 10.9 Å². The Labute approximate surface area is 174 Å². The summed E-state index contributed by atoms with van der Waals surface area (Å²) in [5.41, 5.74) is 3.28. The van der Waals surface area contributed by atoms with E-state index in [9.17, 15) is 4.79 Å². The summed E-state index contributed by atoms with van der Waals surface area (Å²) in [7, 11) is 0. The van der Waals surface area contributed by atoms with E-state index in [-0.39, 0.29) is 5.91 Å². The molecular weight excluding hydrogens is 380 g/mol. The number of benzene rings is 1. The van der Waals surface area contributed by atoms with Crippen LogP contribution in [0.1, 0.15) is 34.5 Å². The van der Waals surface area contributed by atoms with E-state index in [0.717, 1.165) is 54.6 Å². The number of pyridine rings is 1. The van der Waals surface area contributed by atoms with Gasteiger partial charge in [0.15, 0.2) is 0 Å². The monoisotopic (exact) mass is 404 g/mol. The van der Waals surface area contributed by atoms with Crippen LogP contribution in [0.5, 0.6) is 0 Å². The first-order chi connectivity index (χ1) is 14.8. The van der Waals surface area contributed by atoms with Gasteiger partial charge < -0.3 is 20.7 Å². The van der Waals surface area contributed by atoms with Crippen LogP contribution < -0.4 is 16.0 Å². The van der Waals surface area contributed by atoms with Gasteiger partial charge in [-0.25, -0.2) is 4.98 Å². The molecule has 30 heavy (non-hydrogen) atoms. The van der Waals surface area contributed by atoms with Gasteiger partial charge in [-0.05, 0) is 36.5 Å². The maximum atomic E-state index is 12.2. The van der Waals surface area contributed by atoms with Crippen LogP contribution in [0.4, 0.5) is 11.8 Å². The van der Waals surface area contributed by atoms with Crippen LogP contribution in [-0.4, -0.2) is 40.6 Å². The van der Waals surface area contributed by atoms with Gasteiger partial charge in [0, 0.05) is 50.0 Å². The smallest absolute Gasteiger partial charge is 0.270 e. The lowest BCUT2D eigenvalue weighted by atomic mass is 10.0. The molecule has 2 aliphatic heterocycles. The summed E-state index contributed by atoms with van der Waals surface area (Å²) >= 11 is 0. The van der Waals surface area contributed by atoms with E-state index in [1.54, 1.807) is 0 Å². The van der Waals surface area contributed by atoms with E-state index in [2.05, 4.69) is 43.0 Å². The number of anilines is 2. The second kappa shape index (κ2) is 8.23. The van der Waals surface area contributed by atoms with Crippen molar-refractivity contribution in [1.29, 1.82) is 0 Å². The number of nitrogens with one attached hydrogen (secondary N) is 3. The van der Waals surface area contributed by atoms with Gasteiger partial charge in [0.2, 0.25) is 5.95 Å². The van der Waals surface area contributed by atoms with Crippen molar-refractivity contribution in [2.45, 2.75) is 25.9 Å². The number of carbonyl (C=O) groups is 1. The van der Waals surface area contributed by atoms with Gasteiger partial charge in [0.1, 0.15) is 11.5 Å². The molecule has 0 aliphatic carbocycles. The molecule has 0 radical (unpaired) electrons. The highest BCUT2D eigenvalue weighted by Gasteiger charge is 2.26. The van der Waals surface area contributed by atoms with Crippen LogP contribution in [0, 0.1) is 5.92 Å². The summed E-state index contributed by atoms with van der Waals surface area (Å²) in [6, 6.07) is 10.2. The van der Waals surface area contributed by atoms with Crippen molar-refractivity contribution in [3.05, 3.63) is 53.3 Å². The van der Waals surface area contributed by atoms with Gasteiger partial charge in [-0.1, -0.05) is 18.2 Å². The fraction of sp³-hybridized carbons (Fsp3) is 0.364. The van der Waals surface area contributed by atoms with Crippen molar-refractivity contribution in [2.24, 2.45) is 5.92 Å². The summed E-state index contributed by atoms with van der Waals surface area (Å²) in [6.45, 7) is 3.37. The number of fused-ring (bicyclic) bond motifs is 2. The maximum absolute atomic E-state index is 12.2. The average Bonchev–Trinajstić information content (AvgIpc) is 3.17. The molecular formula is C22H24N6O2. The fourth-order valence-corrected chi connectivity index (χ4v) is 3.90. The normalized spacial score (nSPS) is 16.3. The Kier molecular flexibility index (Phi) is 5.15. The van der Waals surface area contributed by atoms with Crippen molar-refractivity contribution < 1.29 is 9.53 Å². The van der Waals surface area contributed by atoms with E-state index >= 15 is 0 Å². The number of para-hydroxylation sites is 1. The lowest BCUT2D eigenvalue weighted by Gasteiger charge is -2.22. The maximum Gasteiger partial charge on any atom is 0.270 e. The zero-order valence-electron chi connectivity index (χ0n) is 16.6. The zero-order chi connectivity index (χ0) is 20.3. The van der Waals surface area contributed by atoms with E-state index in [0.29, 0.717) is 36.5 Å². The van der Waals surface area contributed by atoms with Crippen molar-refractivity contribution in [1.82, 2.24) is 20.3 Å². The third-order valence-electron chi connectivity index (χ3n) is 5.64. The topological polar surface area (TPSA) is 101 Å². The SMILES string of the molecule is O=C1NCc2c(NCc3cnc4ccccc4c3)nc(NCC3CCOCC3)nc21. The van der Waals surface area contributed by atoms with Gasteiger partial charge in [0.05, 0.1) is 5.52 Å². The molecule has 154 valence electrons. The van der Waals surface area contributed by atoms with E-state index in [1.165, 1.54) is 0 Å². The fourth-order valence-electron chi connectivity index (χ4n) is 3.90. The minimum absolute atomic E-state index is 0.156. The predicted octanol–water partition coefficient (Wildman–Crippen LogP) is 2.72. The van der Waals surface area contributed by atoms with Crippen LogP contribution in [-0.2, 0) is 17.8 Å². The standard InChI is InChI=1S/C22H24N6O2/c29-21-19-17(13-25-21)20(28-22(27-19)26-10-14-5-7-30-8-6-14)24-12-15-9-16-3-1-2-4-18(16)23-11-15/h1-4,9,11,14H,5-8,10,12-13H2,(H,25,29)(H2,24,26,27,28). The quantitative estimate of drug-likeness (QED) is 0.581. The molecule has 0 spiro atoms. The molecule has 1 fully saturated rings. The molecule has 4 heterocycles. The molecule has 3 N–H and O–H groups in total. The lowest BCUT2D eigenvalue weighted by Crippen LogP contribution is -2.23. The molecule has 1 saturated heterocycles. The first kappa shape index (κ1) is 18.7. The molecule has 0 saturated carbocycles.